The van der Waals surface area contributed by atoms with E-state index in [0.717, 1.165) is 23.5 Å². The lowest BCUT2D eigenvalue weighted by Crippen LogP contribution is -2.46. The van der Waals surface area contributed by atoms with E-state index < -0.39 is 0 Å². The summed E-state index contributed by atoms with van der Waals surface area (Å²) in [4.78, 5) is 30.5. The quantitative estimate of drug-likeness (QED) is 0.906. The number of amides is 2. The minimum atomic E-state index is -0.309. The van der Waals surface area contributed by atoms with Crippen molar-refractivity contribution in [2.75, 3.05) is 6.54 Å². The fourth-order valence-electron chi connectivity index (χ4n) is 2.59. The lowest BCUT2D eigenvalue weighted by Gasteiger charge is -2.24. The molecule has 1 fully saturated rings. The van der Waals surface area contributed by atoms with E-state index in [-0.39, 0.29) is 17.9 Å². The maximum Gasteiger partial charge on any atom is 0.243 e. The van der Waals surface area contributed by atoms with Gasteiger partial charge in [0.05, 0.1) is 17.2 Å². The van der Waals surface area contributed by atoms with E-state index in [0.29, 0.717) is 25.4 Å². The zero-order chi connectivity index (χ0) is 15.4. The summed E-state index contributed by atoms with van der Waals surface area (Å²) in [7, 11) is 0. The molecule has 0 unspecified atom stereocenters. The normalized spacial score (nSPS) is 18.3. The molecule has 1 atom stereocenters. The first kappa shape index (κ1) is 15.9. The Morgan fingerprint density at radius 2 is 2.29 bits per heavy atom. The molecule has 0 aliphatic carbocycles. The molecular weight excluding hydrogens is 286 g/mol. The number of likely N-dealkylation sites (tertiary alicyclic amines) is 1. The number of hydrogen-bond donors (Lipinski definition) is 1. The van der Waals surface area contributed by atoms with Crippen molar-refractivity contribution in [1.29, 1.82) is 0 Å². The van der Waals surface area contributed by atoms with Gasteiger partial charge in [-0.05, 0) is 25.7 Å². The van der Waals surface area contributed by atoms with Crippen LogP contribution in [0, 0.1) is 12.8 Å². The number of carbonyl (C=O) groups is 2. The van der Waals surface area contributed by atoms with Gasteiger partial charge in [0, 0.05) is 18.3 Å². The molecule has 5 nitrogen and oxygen atoms in total. The molecule has 0 bridgehead atoms. The van der Waals surface area contributed by atoms with E-state index in [9.17, 15) is 9.59 Å². The van der Waals surface area contributed by atoms with Crippen molar-refractivity contribution in [3.05, 3.63) is 16.1 Å². The van der Waals surface area contributed by atoms with Gasteiger partial charge in [0.1, 0.15) is 6.04 Å². The highest BCUT2D eigenvalue weighted by Crippen LogP contribution is 2.20. The summed E-state index contributed by atoms with van der Waals surface area (Å²) in [6.45, 7) is 7.12. The van der Waals surface area contributed by atoms with Gasteiger partial charge in [-0.25, -0.2) is 4.98 Å². The summed E-state index contributed by atoms with van der Waals surface area (Å²) >= 11 is 1.57. The zero-order valence-corrected chi connectivity index (χ0v) is 13.7. The van der Waals surface area contributed by atoms with E-state index in [4.69, 9.17) is 0 Å². The number of aryl methyl sites for hydroxylation is 1. The molecule has 2 amide bonds. The van der Waals surface area contributed by atoms with Gasteiger partial charge in [0.15, 0.2) is 0 Å². The van der Waals surface area contributed by atoms with Crippen molar-refractivity contribution < 1.29 is 9.59 Å². The summed E-state index contributed by atoms with van der Waals surface area (Å²) in [5, 5.41) is 5.85. The van der Waals surface area contributed by atoms with E-state index in [1.807, 2.05) is 26.2 Å². The number of carbonyl (C=O) groups excluding carboxylic acids is 2. The number of nitrogens with zero attached hydrogens (tertiary/aromatic N) is 2. The van der Waals surface area contributed by atoms with E-state index in [1.54, 1.807) is 16.2 Å². The fourth-order valence-corrected chi connectivity index (χ4v) is 3.20. The predicted octanol–water partition coefficient (Wildman–Crippen LogP) is 2.10. The zero-order valence-electron chi connectivity index (χ0n) is 12.9. The maximum absolute atomic E-state index is 12.3. The lowest BCUT2D eigenvalue weighted by molar-refractivity contribution is -0.139. The highest BCUT2D eigenvalue weighted by atomic mass is 32.1. The van der Waals surface area contributed by atoms with Crippen LogP contribution < -0.4 is 5.32 Å². The Morgan fingerprint density at radius 3 is 2.90 bits per heavy atom. The van der Waals surface area contributed by atoms with Gasteiger partial charge in [0.2, 0.25) is 11.8 Å². The molecule has 2 rings (SSSR count). The van der Waals surface area contributed by atoms with Crippen molar-refractivity contribution in [1.82, 2.24) is 15.2 Å². The molecule has 0 aromatic carbocycles. The van der Waals surface area contributed by atoms with Gasteiger partial charge in [-0.2, -0.15) is 0 Å². The second kappa shape index (κ2) is 7.02. The minimum absolute atomic E-state index is 0.0599. The second-order valence-electron chi connectivity index (χ2n) is 5.92. The monoisotopic (exact) mass is 309 g/mol. The van der Waals surface area contributed by atoms with Gasteiger partial charge in [-0.15, -0.1) is 11.3 Å². The molecule has 0 saturated carbocycles. The van der Waals surface area contributed by atoms with Crippen LogP contribution in [0.2, 0.25) is 0 Å². The third-order valence-electron chi connectivity index (χ3n) is 3.57. The van der Waals surface area contributed by atoms with Crippen LogP contribution in [0.25, 0.3) is 0 Å². The summed E-state index contributed by atoms with van der Waals surface area (Å²) in [5.41, 5.74) is 0.879. The van der Waals surface area contributed by atoms with E-state index in [2.05, 4.69) is 10.3 Å². The summed E-state index contributed by atoms with van der Waals surface area (Å²) in [5.74, 6) is 0.349. The Bertz CT molecular complexity index is 513. The number of hydrogen-bond acceptors (Lipinski definition) is 4. The predicted molar refractivity (Wildman–Crippen MR) is 82.9 cm³/mol. The number of nitrogens with one attached hydrogen (secondary N) is 1. The largest absolute Gasteiger partial charge is 0.349 e. The Hall–Kier alpha value is -1.43. The highest BCUT2D eigenvalue weighted by molar-refractivity contribution is 7.09. The van der Waals surface area contributed by atoms with Crippen LogP contribution in [0.1, 0.15) is 43.8 Å². The summed E-state index contributed by atoms with van der Waals surface area (Å²) in [6.07, 6.45) is 2.17. The Balaban J connectivity index is 1.89. The Kier molecular flexibility index (Phi) is 5.33. The third-order valence-corrected chi connectivity index (χ3v) is 4.39. The lowest BCUT2D eigenvalue weighted by atomic mass is 10.1. The first-order valence-corrected chi connectivity index (χ1v) is 8.33. The molecule has 1 aromatic heterocycles. The van der Waals surface area contributed by atoms with Gasteiger partial charge in [-0.1, -0.05) is 13.8 Å². The van der Waals surface area contributed by atoms with Crippen LogP contribution in [-0.2, 0) is 16.1 Å². The van der Waals surface area contributed by atoms with Crippen molar-refractivity contribution in [3.63, 3.8) is 0 Å². The van der Waals surface area contributed by atoms with Gasteiger partial charge in [-0.3, -0.25) is 9.59 Å². The molecule has 2 heterocycles. The average Bonchev–Trinajstić information content (AvgIpc) is 3.03. The SMILES string of the molecule is Cc1nc(CNC(=O)[C@H]2CCCN2C(=O)CC(C)C)cs1. The van der Waals surface area contributed by atoms with Crippen molar-refractivity contribution >= 4 is 23.2 Å². The molecule has 1 aromatic rings. The fraction of sp³-hybridized carbons (Fsp3) is 0.667. The Labute approximate surface area is 129 Å². The third kappa shape index (κ3) is 4.27. The summed E-state index contributed by atoms with van der Waals surface area (Å²) < 4.78 is 0. The highest BCUT2D eigenvalue weighted by Gasteiger charge is 2.33. The summed E-state index contributed by atoms with van der Waals surface area (Å²) in [6, 6.07) is -0.309. The van der Waals surface area contributed by atoms with Crippen molar-refractivity contribution in [2.45, 2.75) is 52.6 Å². The van der Waals surface area contributed by atoms with Crippen molar-refractivity contribution in [3.8, 4) is 0 Å². The smallest absolute Gasteiger partial charge is 0.243 e. The topological polar surface area (TPSA) is 62.3 Å². The molecule has 1 aliphatic rings. The van der Waals surface area contributed by atoms with Crippen LogP contribution in [0.5, 0.6) is 0 Å². The molecule has 0 radical (unpaired) electrons. The van der Waals surface area contributed by atoms with Crippen LogP contribution in [0.4, 0.5) is 0 Å². The maximum atomic E-state index is 12.3. The van der Waals surface area contributed by atoms with E-state index >= 15 is 0 Å². The van der Waals surface area contributed by atoms with Gasteiger partial charge in [0.25, 0.3) is 0 Å². The van der Waals surface area contributed by atoms with Crippen LogP contribution in [0.15, 0.2) is 5.38 Å². The molecule has 1 N–H and O–H groups in total. The molecule has 6 heteroatoms. The molecule has 116 valence electrons. The standard InChI is InChI=1S/C15H23N3O2S/c1-10(2)7-14(19)18-6-4-5-13(18)15(20)16-8-12-9-21-11(3)17-12/h9-10,13H,4-8H2,1-3H3,(H,16,20)/t13-/m1/s1. The number of rotatable bonds is 5. The van der Waals surface area contributed by atoms with Crippen LogP contribution in [-0.4, -0.2) is 34.3 Å². The number of aromatic nitrogens is 1. The first-order valence-electron chi connectivity index (χ1n) is 7.45. The second-order valence-corrected chi connectivity index (χ2v) is 6.98. The van der Waals surface area contributed by atoms with Crippen LogP contribution in [0.3, 0.4) is 0 Å². The van der Waals surface area contributed by atoms with Crippen LogP contribution >= 0.6 is 11.3 Å². The van der Waals surface area contributed by atoms with Gasteiger partial charge < -0.3 is 10.2 Å². The molecule has 0 spiro atoms. The Morgan fingerprint density at radius 1 is 1.52 bits per heavy atom. The van der Waals surface area contributed by atoms with Gasteiger partial charge >= 0.3 is 0 Å². The molecular formula is C15H23N3O2S. The molecule has 21 heavy (non-hydrogen) atoms. The molecule has 1 aliphatic heterocycles. The van der Waals surface area contributed by atoms with Crippen molar-refractivity contribution in [2.24, 2.45) is 5.92 Å². The molecule has 1 saturated heterocycles. The first-order chi connectivity index (χ1) is 9.97. The van der Waals surface area contributed by atoms with E-state index in [1.165, 1.54) is 0 Å². The average molecular weight is 309 g/mol. The minimum Gasteiger partial charge on any atom is -0.349 e. The number of thiazole rings is 1.